The van der Waals surface area contributed by atoms with E-state index in [0.717, 1.165) is 55.6 Å². The van der Waals surface area contributed by atoms with Crippen molar-refractivity contribution in [2.24, 2.45) is 7.05 Å². The number of pyridine rings is 1. The van der Waals surface area contributed by atoms with Crippen molar-refractivity contribution >= 4 is 16.9 Å². The molecule has 170 valence electrons. The summed E-state index contributed by atoms with van der Waals surface area (Å²) < 4.78 is 2.20. The zero-order chi connectivity index (χ0) is 23.0. The Morgan fingerprint density at radius 2 is 1.91 bits per heavy atom. The van der Waals surface area contributed by atoms with E-state index in [9.17, 15) is 19.8 Å². The van der Waals surface area contributed by atoms with Gasteiger partial charge in [-0.05, 0) is 56.7 Å². The van der Waals surface area contributed by atoms with Crippen molar-refractivity contribution in [2.75, 3.05) is 33.2 Å². The summed E-state index contributed by atoms with van der Waals surface area (Å²) in [5.74, 6) is -1.90. The molecule has 1 aliphatic rings. The maximum absolute atomic E-state index is 12.3. The Labute approximate surface area is 186 Å². The molecule has 0 radical (unpaired) electrons. The Kier molecular flexibility index (Phi) is 6.08. The van der Waals surface area contributed by atoms with E-state index in [1.165, 1.54) is 5.69 Å². The molecule has 1 aromatic carbocycles. The molecule has 1 saturated heterocycles. The number of fused-ring (bicyclic) bond motifs is 1. The molecule has 8 heteroatoms. The van der Waals surface area contributed by atoms with Gasteiger partial charge < -0.3 is 24.7 Å². The number of carboxylic acids is 1. The quantitative estimate of drug-likeness (QED) is 0.566. The molecule has 32 heavy (non-hydrogen) atoms. The first-order valence-corrected chi connectivity index (χ1v) is 11.0. The number of likely N-dealkylation sites (N-methyl/N-ethyl adjacent to an activating group) is 1. The standard InChI is InChI=1S/C24H30N4O4/c1-4-18-21(25-23(30)20(22(18)29)24(31)32)15-6-7-19-16(12-15)13-17(27(19)3)14-28-9-5-8-26(2)10-11-28/h6-7,12-13H,4-5,8-11,14H2,1-3H3,(H,31,32)(H2,25,29,30). The average Bonchev–Trinajstić information content (AvgIpc) is 2.90. The first-order chi connectivity index (χ1) is 15.3. The molecule has 3 aromatic rings. The Morgan fingerprint density at radius 1 is 1.12 bits per heavy atom. The van der Waals surface area contributed by atoms with Gasteiger partial charge in [-0.25, -0.2) is 4.79 Å². The number of aromatic carboxylic acids is 1. The van der Waals surface area contributed by atoms with Crippen LogP contribution in [0.1, 0.15) is 35.0 Å². The van der Waals surface area contributed by atoms with Crippen LogP contribution >= 0.6 is 0 Å². The van der Waals surface area contributed by atoms with E-state index < -0.39 is 22.8 Å². The highest BCUT2D eigenvalue weighted by molar-refractivity contribution is 5.92. The summed E-state index contributed by atoms with van der Waals surface area (Å²) in [5, 5.41) is 20.8. The first-order valence-electron chi connectivity index (χ1n) is 11.0. The molecule has 0 aliphatic carbocycles. The van der Waals surface area contributed by atoms with Gasteiger partial charge in [0.25, 0.3) is 5.56 Å². The van der Waals surface area contributed by atoms with E-state index in [0.29, 0.717) is 17.7 Å². The Balaban J connectivity index is 1.72. The predicted octanol–water partition coefficient (Wildman–Crippen LogP) is 2.64. The molecule has 1 fully saturated rings. The van der Waals surface area contributed by atoms with Crippen molar-refractivity contribution in [1.82, 2.24) is 19.4 Å². The van der Waals surface area contributed by atoms with E-state index in [4.69, 9.17) is 0 Å². The van der Waals surface area contributed by atoms with Gasteiger partial charge in [0.1, 0.15) is 5.75 Å². The molecular weight excluding hydrogens is 408 g/mol. The summed E-state index contributed by atoms with van der Waals surface area (Å²) in [5.41, 5.74) is 2.51. The molecule has 0 atom stereocenters. The summed E-state index contributed by atoms with van der Waals surface area (Å²) in [4.78, 5) is 31.2. The summed E-state index contributed by atoms with van der Waals surface area (Å²) in [7, 11) is 4.23. The van der Waals surface area contributed by atoms with Crippen LogP contribution in [-0.4, -0.2) is 68.8 Å². The highest BCUT2D eigenvalue weighted by atomic mass is 16.4. The van der Waals surface area contributed by atoms with Crippen molar-refractivity contribution < 1.29 is 15.0 Å². The van der Waals surface area contributed by atoms with Crippen LogP contribution in [0.25, 0.3) is 22.2 Å². The van der Waals surface area contributed by atoms with Crippen molar-refractivity contribution in [3.63, 3.8) is 0 Å². The summed E-state index contributed by atoms with van der Waals surface area (Å²) in [6, 6.07) is 8.06. The molecule has 3 heterocycles. The van der Waals surface area contributed by atoms with Gasteiger partial charge in [-0.1, -0.05) is 13.0 Å². The van der Waals surface area contributed by atoms with Crippen molar-refractivity contribution in [2.45, 2.75) is 26.3 Å². The van der Waals surface area contributed by atoms with Gasteiger partial charge in [0.2, 0.25) is 0 Å². The number of aromatic hydroxyl groups is 1. The third-order valence-corrected chi connectivity index (χ3v) is 6.49. The third kappa shape index (κ3) is 4.03. The number of hydrogen-bond donors (Lipinski definition) is 3. The van der Waals surface area contributed by atoms with E-state index in [-0.39, 0.29) is 0 Å². The van der Waals surface area contributed by atoms with Gasteiger partial charge in [-0.15, -0.1) is 0 Å². The maximum Gasteiger partial charge on any atom is 0.345 e. The summed E-state index contributed by atoms with van der Waals surface area (Å²) >= 11 is 0. The van der Waals surface area contributed by atoms with Crippen molar-refractivity contribution in [3.05, 3.63) is 51.4 Å². The molecule has 0 amide bonds. The number of aromatic nitrogens is 2. The van der Waals surface area contributed by atoms with Crippen LogP contribution in [0.2, 0.25) is 0 Å². The fourth-order valence-corrected chi connectivity index (χ4v) is 4.62. The van der Waals surface area contributed by atoms with Gasteiger partial charge in [0, 0.05) is 48.8 Å². The molecule has 1 aliphatic heterocycles. The molecule has 2 aromatic heterocycles. The van der Waals surface area contributed by atoms with Gasteiger partial charge in [0.15, 0.2) is 5.56 Å². The number of benzene rings is 1. The molecule has 0 bridgehead atoms. The smallest absolute Gasteiger partial charge is 0.345 e. The van der Waals surface area contributed by atoms with E-state index in [2.05, 4.69) is 39.5 Å². The van der Waals surface area contributed by atoms with Crippen LogP contribution in [0.5, 0.6) is 5.75 Å². The molecule has 3 N–H and O–H groups in total. The van der Waals surface area contributed by atoms with Crippen LogP contribution < -0.4 is 5.56 Å². The predicted molar refractivity (Wildman–Crippen MR) is 124 cm³/mol. The Hall–Kier alpha value is -3.10. The second-order valence-electron chi connectivity index (χ2n) is 8.59. The molecule has 4 rings (SSSR count). The highest BCUT2D eigenvalue weighted by Gasteiger charge is 2.22. The maximum atomic E-state index is 12.3. The number of H-pyrrole nitrogens is 1. The fraction of sp³-hybridized carbons (Fsp3) is 0.417. The topological polar surface area (TPSA) is 102 Å². The summed E-state index contributed by atoms with van der Waals surface area (Å²) in [6.07, 6.45) is 1.55. The number of aryl methyl sites for hydroxylation is 1. The molecule has 0 unspecified atom stereocenters. The molecular formula is C24H30N4O4. The molecule has 0 spiro atoms. The average molecular weight is 439 g/mol. The van der Waals surface area contributed by atoms with Gasteiger partial charge in [0.05, 0.1) is 5.69 Å². The number of carboxylic acid groups (broad SMARTS) is 1. The molecule has 0 saturated carbocycles. The lowest BCUT2D eigenvalue weighted by Gasteiger charge is -2.20. The highest BCUT2D eigenvalue weighted by Crippen LogP contribution is 2.32. The molecule has 8 nitrogen and oxygen atoms in total. The number of nitrogens with zero attached hydrogens (tertiary/aromatic N) is 3. The lowest BCUT2D eigenvalue weighted by molar-refractivity contribution is 0.0691. The minimum Gasteiger partial charge on any atom is -0.506 e. The van der Waals surface area contributed by atoms with Crippen LogP contribution in [0.15, 0.2) is 29.1 Å². The lowest BCUT2D eigenvalue weighted by Crippen LogP contribution is -2.29. The second-order valence-corrected chi connectivity index (χ2v) is 8.59. The zero-order valence-corrected chi connectivity index (χ0v) is 18.8. The fourth-order valence-electron chi connectivity index (χ4n) is 4.62. The second kappa shape index (κ2) is 8.80. The van der Waals surface area contributed by atoms with Gasteiger partial charge in [-0.2, -0.15) is 0 Å². The van der Waals surface area contributed by atoms with E-state index >= 15 is 0 Å². The van der Waals surface area contributed by atoms with Gasteiger partial charge >= 0.3 is 5.97 Å². The lowest BCUT2D eigenvalue weighted by atomic mass is 9.99. The largest absolute Gasteiger partial charge is 0.506 e. The zero-order valence-electron chi connectivity index (χ0n) is 18.8. The first kappa shape index (κ1) is 22.1. The minimum atomic E-state index is -1.44. The van der Waals surface area contributed by atoms with E-state index in [1.807, 2.05) is 25.1 Å². The Bertz CT molecular complexity index is 1230. The van der Waals surface area contributed by atoms with Gasteiger partial charge in [-0.3, -0.25) is 9.69 Å². The van der Waals surface area contributed by atoms with Crippen LogP contribution in [0.3, 0.4) is 0 Å². The summed E-state index contributed by atoms with van der Waals surface area (Å²) in [6.45, 7) is 7.00. The SMILES string of the molecule is CCc1c(-c2ccc3c(c2)cc(CN2CCCN(C)CC2)n3C)[nH]c(=O)c(C(=O)O)c1O. The van der Waals surface area contributed by atoms with Crippen LogP contribution in [0, 0.1) is 0 Å². The van der Waals surface area contributed by atoms with Crippen LogP contribution in [-0.2, 0) is 20.0 Å². The normalized spacial score (nSPS) is 15.8. The number of hydrogen-bond acceptors (Lipinski definition) is 5. The number of aromatic amines is 1. The number of rotatable bonds is 5. The van der Waals surface area contributed by atoms with E-state index in [1.54, 1.807) is 0 Å². The third-order valence-electron chi connectivity index (χ3n) is 6.49. The number of nitrogens with one attached hydrogen (secondary N) is 1. The Morgan fingerprint density at radius 3 is 2.62 bits per heavy atom. The van der Waals surface area contributed by atoms with Crippen molar-refractivity contribution in [1.29, 1.82) is 0 Å². The number of carbonyl (C=O) groups is 1. The van der Waals surface area contributed by atoms with Crippen molar-refractivity contribution in [3.8, 4) is 17.0 Å². The van der Waals surface area contributed by atoms with Crippen LogP contribution in [0.4, 0.5) is 0 Å². The minimum absolute atomic E-state index is 0.389. The monoisotopic (exact) mass is 438 g/mol.